The SMILES string of the molecule is CN1CCC(N2CCN(C(=O)C(C[C@@H]3C=C(Br)C(Br)=CC3)OC(=O)N3CCC(N4CCc5ccccc5NC4=O)CC3)CC2)CC1. The number of carbonyl (C=O) groups is 3. The summed E-state index contributed by atoms with van der Waals surface area (Å²) in [6, 6.07) is 8.48. The van der Waals surface area contributed by atoms with E-state index in [9.17, 15) is 14.4 Å². The van der Waals surface area contributed by atoms with Crippen LogP contribution in [0, 0.1) is 5.92 Å². The number of carbonyl (C=O) groups excluding carboxylic acids is 3. The third kappa shape index (κ3) is 7.99. The Bertz CT molecular complexity index is 1330. The number of piperidine rings is 2. The molecular formula is C34H46Br2N6O4. The molecule has 4 heterocycles. The number of nitrogens with zero attached hydrogens (tertiary/aromatic N) is 5. The first-order valence-electron chi connectivity index (χ1n) is 16.8. The number of hydrogen-bond donors (Lipinski definition) is 1. The number of fused-ring (bicyclic) bond motifs is 1. The quantitative estimate of drug-likeness (QED) is 0.427. The zero-order valence-corrected chi connectivity index (χ0v) is 29.9. The van der Waals surface area contributed by atoms with Crippen molar-refractivity contribution in [2.45, 2.75) is 63.1 Å². The van der Waals surface area contributed by atoms with Crippen LogP contribution in [0.25, 0.3) is 0 Å². The number of para-hydroxylation sites is 1. The van der Waals surface area contributed by atoms with Crippen molar-refractivity contribution in [1.29, 1.82) is 0 Å². The zero-order chi connectivity index (χ0) is 32.2. The first-order valence-corrected chi connectivity index (χ1v) is 18.4. The Kier molecular flexibility index (Phi) is 11.1. The second-order valence-electron chi connectivity index (χ2n) is 13.3. The van der Waals surface area contributed by atoms with Gasteiger partial charge in [0.1, 0.15) is 0 Å². The molecule has 1 aromatic rings. The molecule has 250 valence electrons. The molecule has 1 aliphatic carbocycles. The Morgan fingerprint density at radius 2 is 1.59 bits per heavy atom. The second kappa shape index (κ2) is 15.2. The Balaban J connectivity index is 1.05. The predicted molar refractivity (Wildman–Crippen MR) is 186 cm³/mol. The molecule has 0 radical (unpaired) electrons. The minimum atomic E-state index is -0.846. The van der Waals surface area contributed by atoms with Gasteiger partial charge in [-0.25, -0.2) is 9.59 Å². The van der Waals surface area contributed by atoms with Crippen LogP contribution in [0.5, 0.6) is 0 Å². The lowest BCUT2D eigenvalue weighted by atomic mass is 9.93. The Hall–Kier alpha value is -2.41. The molecule has 1 N–H and O–H groups in total. The van der Waals surface area contributed by atoms with E-state index in [1.54, 1.807) is 4.90 Å². The van der Waals surface area contributed by atoms with Gasteiger partial charge in [0.2, 0.25) is 0 Å². The highest BCUT2D eigenvalue weighted by molar-refractivity contribution is 9.15. The summed E-state index contributed by atoms with van der Waals surface area (Å²) in [5.74, 6) is -0.0143. The molecule has 46 heavy (non-hydrogen) atoms. The number of benzene rings is 1. The molecule has 0 spiro atoms. The highest BCUT2D eigenvalue weighted by atomic mass is 79.9. The number of ether oxygens (including phenoxy) is 1. The van der Waals surface area contributed by atoms with Gasteiger partial charge in [0.25, 0.3) is 5.91 Å². The number of urea groups is 1. The second-order valence-corrected chi connectivity index (χ2v) is 15.0. The van der Waals surface area contributed by atoms with Gasteiger partial charge in [0, 0.05) is 79.0 Å². The van der Waals surface area contributed by atoms with Gasteiger partial charge >= 0.3 is 12.1 Å². The van der Waals surface area contributed by atoms with Gasteiger partial charge in [-0.05, 0) is 108 Å². The number of anilines is 1. The number of amides is 4. The molecule has 4 aliphatic heterocycles. The third-order valence-electron chi connectivity index (χ3n) is 10.4. The molecule has 10 nitrogen and oxygen atoms in total. The van der Waals surface area contributed by atoms with E-state index >= 15 is 0 Å². The molecular weight excluding hydrogens is 716 g/mol. The molecule has 5 aliphatic rings. The minimum Gasteiger partial charge on any atom is -0.436 e. The maximum absolute atomic E-state index is 14.0. The normalized spacial score (nSPS) is 24.8. The van der Waals surface area contributed by atoms with Crippen LogP contribution in [0.3, 0.4) is 0 Å². The van der Waals surface area contributed by atoms with E-state index in [1.165, 1.54) is 12.8 Å². The van der Waals surface area contributed by atoms with Crippen LogP contribution in [-0.4, -0.2) is 127 Å². The number of likely N-dealkylation sites (tertiary alicyclic amines) is 2. The first-order chi connectivity index (χ1) is 22.2. The van der Waals surface area contributed by atoms with Gasteiger partial charge in [0.05, 0.1) is 0 Å². The van der Waals surface area contributed by atoms with Crippen LogP contribution in [0.4, 0.5) is 15.3 Å². The number of halogens is 2. The summed E-state index contributed by atoms with van der Waals surface area (Å²) in [6.07, 6.45) is 8.61. The maximum atomic E-state index is 14.0. The highest BCUT2D eigenvalue weighted by Gasteiger charge is 2.37. The van der Waals surface area contributed by atoms with Gasteiger partial charge in [-0.1, -0.05) is 30.4 Å². The summed E-state index contributed by atoms with van der Waals surface area (Å²) in [5, 5.41) is 3.06. The minimum absolute atomic E-state index is 0.0478. The highest BCUT2D eigenvalue weighted by Crippen LogP contribution is 2.34. The van der Waals surface area contributed by atoms with Crippen LogP contribution < -0.4 is 5.32 Å². The fourth-order valence-corrected chi connectivity index (χ4v) is 8.37. The molecule has 6 rings (SSSR count). The lowest BCUT2D eigenvalue weighted by Crippen LogP contribution is -2.56. The van der Waals surface area contributed by atoms with Gasteiger partial charge in [-0.15, -0.1) is 0 Å². The molecule has 1 aromatic carbocycles. The van der Waals surface area contributed by atoms with E-state index in [2.05, 4.69) is 72.2 Å². The topological polar surface area (TPSA) is 88.7 Å². The van der Waals surface area contributed by atoms with E-state index in [0.717, 1.165) is 59.2 Å². The van der Waals surface area contributed by atoms with Crippen molar-refractivity contribution >= 4 is 55.6 Å². The number of nitrogens with one attached hydrogen (secondary N) is 1. The molecule has 3 saturated heterocycles. The largest absolute Gasteiger partial charge is 0.436 e. The van der Waals surface area contributed by atoms with Crippen molar-refractivity contribution in [3.05, 3.63) is 50.9 Å². The number of hydrogen-bond acceptors (Lipinski definition) is 6. The Morgan fingerprint density at radius 1 is 0.891 bits per heavy atom. The van der Waals surface area contributed by atoms with Crippen LogP contribution in [0.1, 0.15) is 44.1 Å². The fraction of sp³-hybridized carbons (Fsp3) is 0.618. The summed E-state index contributed by atoms with van der Waals surface area (Å²) >= 11 is 7.17. The van der Waals surface area contributed by atoms with E-state index < -0.39 is 12.2 Å². The van der Waals surface area contributed by atoms with Crippen LogP contribution in [0.2, 0.25) is 0 Å². The molecule has 0 bridgehead atoms. The number of piperazine rings is 1. The molecule has 0 aromatic heterocycles. The smallest absolute Gasteiger partial charge is 0.410 e. The summed E-state index contributed by atoms with van der Waals surface area (Å²) in [6.45, 7) is 6.88. The Morgan fingerprint density at radius 3 is 2.30 bits per heavy atom. The third-order valence-corrected chi connectivity index (χ3v) is 12.4. The number of allylic oxidation sites excluding steroid dienone is 4. The number of rotatable bonds is 6. The van der Waals surface area contributed by atoms with Crippen molar-refractivity contribution in [1.82, 2.24) is 24.5 Å². The van der Waals surface area contributed by atoms with E-state index in [-0.39, 0.29) is 23.9 Å². The monoisotopic (exact) mass is 760 g/mol. The van der Waals surface area contributed by atoms with Crippen molar-refractivity contribution in [3.8, 4) is 0 Å². The summed E-state index contributed by atoms with van der Waals surface area (Å²) in [4.78, 5) is 51.1. The molecule has 1 unspecified atom stereocenters. The molecule has 4 amide bonds. The fourth-order valence-electron chi connectivity index (χ4n) is 7.51. The first kappa shape index (κ1) is 33.5. The zero-order valence-electron chi connectivity index (χ0n) is 26.7. The molecule has 2 atom stereocenters. The predicted octanol–water partition coefficient (Wildman–Crippen LogP) is 5.25. The molecule has 3 fully saturated rings. The van der Waals surface area contributed by atoms with Gasteiger partial charge < -0.3 is 29.7 Å². The van der Waals surface area contributed by atoms with Crippen LogP contribution >= 0.6 is 31.9 Å². The van der Waals surface area contributed by atoms with Gasteiger partial charge in [-0.2, -0.15) is 0 Å². The van der Waals surface area contributed by atoms with E-state index in [1.807, 2.05) is 28.0 Å². The van der Waals surface area contributed by atoms with Crippen LogP contribution in [-0.2, 0) is 16.0 Å². The lowest BCUT2D eigenvalue weighted by molar-refractivity contribution is -0.144. The average molecular weight is 763 g/mol. The maximum Gasteiger partial charge on any atom is 0.410 e. The van der Waals surface area contributed by atoms with Gasteiger partial charge in [-0.3, -0.25) is 9.69 Å². The van der Waals surface area contributed by atoms with Crippen molar-refractivity contribution < 1.29 is 19.1 Å². The van der Waals surface area contributed by atoms with Crippen molar-refractivity contribution in [3.63, 3.8) is 0 Å². The standard InChI is InChI=1S/C34H46Br2N6O4/c1-38-13-9-26(10-14-38)39-18-20-40(21-19-39)32(43)31(23-24-6-7-28(35)29(36)22-24)46-34(45)41-15-11-27(12-16-41)42-17-8-25-4-2-3-5-30(25)37-33(42)44/h2-5,7,22,24,26-27,31H,6,8-21,23H2,1H3,(H,37,44)/t24-,31?/m0/s1. The lowest BCUT2D eigenvalue weighted by Gasteiger charge is -2.43. The summed E-state index contributed by atoms with van der Waals surface area (Å²) in [7, 11) is 2.18. The van der Waals surface area contributed by atoms with E-state index in [4.69, 9.17) is 4.74 Å². The molecule has 0 saturated carbocycles. The summed E-state index contributed by atoms with van der Waals surface area (Å²) in [5.41, 5.74) is 2.01. The van der Waals surface area contributed by atoms with Gasteiger partial charge in [0.15, 0.2) is 6.10 Å². The van der Waals surface area contributed by atoms with Crippen molar-refractivity contribution in [2.24, 2.45) is 5.92 Å². The van der Waals surface area contributed by atoms with Crippen LogP contribution in [0.15, 0.2) is 45.4 Å². The van der Waals surface area contributed by atoms with E-state index in [0.29, 0.717) is 58.0 Å². The van der Waals surface area contributed by atoms with Crippen molar-refractivity contribution in [2.75, 3.05) is 71.3 Å². The average Bonchev–Trinajstić information content (AvgIpc) is 3.24. The summed E-state index contributed by atoms with van der Waals surface area (Å²) < 4.78 is 8.05. The molecule has 12 heteroatoms. The Labute approximate surface area is 289 Å².